The number of carbonyl (C=O) groups excluding carboxylic acids is 2. The largest absolute Gasteiger partial charge is 0.394 e. The minimum Gasteiger partial charge on any atom is -0.394 e. The number of unbranched alkanes of at least 4 members (excludes halogenated alkanes) is 1. The van der Waals surface area contributed by atoms with Crippen LogP contribution in [0.15, 0.2) is 0 Å². The van der Waals surface area contributed by atoms with E-state index in [2.05, 4.69) is 10.6 Å². The van der Waals surface area contributed by atoms with Crippen LogP contribution in [0.25, 0.3) is 0 Å². The summed E-state index contributed by atoms with van der Waals surface area (Å²) in [6.45, 7) is 5.79. The maximum atomic E-state index is 12.6. The molecule has 0 aromatic rings. The lowest BCUT2D eigenvalue weighted by Gasteiger charge is -2.47. The van der Waals surface area contributed by atoms with Gasteiger partial charge >= 0.3 is 0 Å². The first-order valence-electron chi connectivity index (χ1n) is 17.6. The Morgan fingerprint density at radius 2 is 1.77 bits per heavy atom. The number of nitrogens with one attached hydrogen (secondary N) is 2. The Balaban J connectivity index is 1.45. The summed E-state index contributed by atoms with van der Waals surface area (Å²) in [4.78, 5) is 24.8. The van der Waals surface area contributed by atoms with Crippen molar-refractivity contribution in [3.05, 3.63) is 0 Å². The van der Waals surface area contributed by atoms with Crippen LogP contribution >= 0.6 is 0 Å². The molecule has 0 radical (unpaired) electrons. The average molecular weight is 691 g/mol. The Kier molecular flexibility index (Phi) is 17.3. The number of aliphatic hydroxyl groups is 4. The number of hydrogen-bond acceptors (Lipinski definition) is 14. The molecule has 2 aliphatic heterocycles. The SMILES string of the molecule is CC(C)C(C)NC(=O)C(N)CCCCNC(=O)COC1CCCCCC(N(N)[C@@H]2CC(O)[C@H](OC3OCC(O)CC3O)C(CO)O2)C1N. The van der Waals surface area contributed by atoms with Gasteiger partial charge in [0.15, 0.2) is 6.29 Å². The van der Waals surface area contributed by atoms with Crippen LogP contribution < -0.4 is 27.9 Å². The zero-order valence-electron chi connectivity index (χ0n) is 28.8. The Morgan fingerprint density at radius 1 is 1.04 bits per heavy atom. The molecule has 0 aromatic carbocycles. The van der Waals surface area contributed by atoms with E-state index in [9.17, 15) is 30.0 Å². The minimum atomic E-state index is -1.10. The Hall–Kier alpha value is -1.54. The maximum absolute atomic E-state index is 12.6. The molecule has 0 aromatic heterocycles. The number of carbonyl (C=O) groups is 2. The standard InChI is InChI=1S/C32H62N6O10/c1-18(2)19(3)37-31(44)21(33)9-7-8-12-36-27(43)17-45-25-11-6-4-5-10-22(29(25)34)38(35)28-14-23(41)30(26(15-39)47-28)48-32-24(42)13-20(40)16-46-32/h18-26,28-30,32,39-42H,4-17,33-35H2,1-3H3,(H,36,43)(H,37,44)/t19?,20?,21?,22?,23?,24?,25?,26?,28-,29?,30-,32?/m0/s1. The van der Waals surface area contributed by atoms with E-state index < -0.39 is 73.9 Å². The zero-order chi connectivity index (χ0) is 35.4. The van der Waals surface area contributed by atoms with Gasteiger partial charge in [-0.3, -0.25) is 15.4 Å². The molecule has 3 fully saturated rings. The Morgan fingerprint density at radius 3 is 2.46 bits per heavy atom. The van der Waals surface area contributed by atoms with Gasteiger partial charge in [0.2, 0.25) is 11.8 Å². The lowest BCUT2D eigenvalue weighted by Crippen LogP contribution is -2.65. The molecule has 0 bridgehead atoms. The van der Waals surface area contributed by atoms with E-state index in [-0.39, 0.29) is 43.9 Å². The molecule has 2 saturated heterocycles. The van der Waals surface area contributed by atoms with Crippen molar-refractivity contribution in [2.75, 3.05) is 26.4 Å². The summed E-state index contributed by atoms with van der Waals surface area (Å²) >= 11 is 0. The first-order valence-corrected chi connectivity index (χ1v) is 17.6. The number of rotatable bonds is 16. The van der Waals surface area contributed by atoms with Crippen molar-refractivity contribution in [2.45, 2.75) is 158 Å². The number of amides is 2. The lowest BCUT2D eigenvalue weighted by molar-refractivity contribution is -0.306. The van der Waals surface area contributed by atoms with Crippen LogP contribution in [-0.4, -0.2) is 137 Å². The van der Waals surface area contributed by atoms with Gasteiger partial charge in [-0.2, -0.15) is 0 Å². The van der Waals surface area contributed by atoms with Crippen LogP contribution in [0.1, 0.15) is 85.0 Å². The molecule has 3 rings (SSSR count). The summed E-state index contributed by atoms with van der Waals surface area (Å²) in [5.41, 5.74) is 12.7. The van der Waals surface area contributed by atoms with E-state index in [4.69, 9.17) is 36.3 Å². The third-order valence-electron chi connectivity index (χ3n) is 9.75. The molecule has 12 N–H and O–H groups in total. The summed E-state index contributed by atoms with van der Waals surface area (Å²) in [7, 11) is 0. The molecule has 16 nitrogen and oxygen atoms in total. The average Bonchev–Trinajstić information content (AvgIpc) is 3.03. The lowest BCUT2D eigenvalue weighted by atomic mass is 9.89. The van der Waals surface area contributed by atoms with E-state index in [0.717, 1.165) is 19.3 Å². The number of aliphatic hydroxyl groups excluding tert-OH is 4. The highest BCUT2D eigenvalue weighted by molar-refractivity contribution is 5.81. The normalized spacial score (nSPS) is 34.7. The summed E-state index contributed by atoms with van der Waals surface area (Å²) in [6.07, 6.45) is -1.32. The summed E-state index contributed by atoms with van der Waals surface area (Å²) in [5, 5.41) is 48.3. The number of nitrogens with zero attached hydrogens (tertiary/aromatic N) is 1. The molecule has 0 spiro atoms. The van der Waals surface area contributed by atoms with E-state index in [1.54, 1.807) is 0 Å². The molecular weight excluding hydrogens is 628 g/mol. The predicted molar refractivity (Wildman–Crippen MR) is 176 cm³/mol. The number of hydrazine groups is 1. The summed E-state index contributed by atoms with van der Waals surface area (Å²) < 4.78 is 23.3. The quantitative estimate of drug-likeness (QED) is 0.0497. The maximum Gasteiger partial charge on any atom is 0.246 e. The van der Waals surface area contributed by atoms with E-state index in [0.29, 0.717) is 44.6 Å². The van der Waals surface area contributed by atoms with Crippen molar-refractivity contribution >= 4 is 11.8 Å². The summed E-state index contributed by atoms with van der Waals surface area (Å²) in [5.74, 6) is 6.49. The van der Waals surface area contributed by atoms with Crippen molar-refractivity contribution < 1.29 is 49.0 Å². The number of hydrogen-bond donors (Lipinski definition) is 9. The van der Waals surface area contributed by atoms with Crippen molar-refractivity contribution in [3.8, 4) is 0 Å². The van der Waals surface area contributed by atoms with Gasteiger partial charge in [-0.1, -0.05) is 33.1 Å². The second kappa shape index (κ2) is 20.3. The molecule has 48 heavy (non-hydrogen) atoms. The van der Waals surface area contributed by atoms with Crippen molar-refractivity contribution in [1.29, 1.82) is 0 Å². The molecular formula is C32H62N6O10. The molecule has 2 amide bonds. The van der Waals surface area contributed by atoms with Crippen LogP contribution in [0.3, 0.4) is 0 Å². The van der Waals surface area contributed by atoms with Gasteiger partial charge in [0.05, 0.1) is 37.6 Å². The molecule has 10 unspecified atom stereocenters. The van der Waals surface area contributed by atoms with Gasteiger partial charge in [0.1, 0.15) is 31.1 Å². The second-order valence-electron chi connectivity index (χ2n) is 13.9. The van der Waals surface area contributed by atoms with Crippen LogP contribution in [-0.2, 0) is 28.5 Å². The van der Waals surface area contributed by atoms with Gasteiger partial charge in [-0.05, 0) is 44.9 Å². The highest BCUT2D eigenvalue weighted by Gasteiger charge is 2.45. The fraction of sp³-hybridized carbons (Fsp3) is 0.938. The Bertz CT molecular complexity index is 968. The number of nitrogens with two attached hydrogens (primary N) is 3. The van der Waals surface area contributed by atoms with Crippen molar-refractivity contribution in [3.63, 3.8) is 0 Å². The monoisotopic (exact) mass is 690 g/mol. The van der Waals surface area contributed by atoms with E-state index in [1.807, 2.05) is 20.8 Å². The topological polar surface area (TPSA) is 257 Å². The third-order valence-corrected chi connectivity index (χ3v) is 9.75. The smallest absolute Gasteiger partial charge is 0.246 e. The number of ether oxygens (including phenoxy) is 4. The van der Waals surface area contributed by atoms with E-state index >= 15 is 0 Å². The van der Waals surface area contributed by atoms with Crippen LogP contribution in [0.4, 0.5) is 0 Å². The second-order valence-corrected chi connectivity index (χ2v) is 13.9. The van der Waals surface area contributed by atoms with Gasteiger partial charge in [0.25, 0.3) is 0 Å². The van der Waals surface area contributed by atoms with Gasteiger partial charge in [-0.15, -0.1) is 0 Å². The fourth-order valence-corrected chi connectivity index (χ4v) is 6.34. The Labute approximate surface area is 284 Å². The van der Waals surface area contributed by atoms with Crippen LogP contribution in [0, 0.1) is 5.92 Å². The molecule has 2 heterocycles. The van der Waals surface area contributed by atoms with Gasteiger partial charge in [-0.25, -0.2) is 5.01 Å². The molecule has 16 heteroatoms. The molecule has 280 valence electrons. The van der Waals surface area contributed by atoms with Gasteiger partial charge in [0, 0.05) is 37.5 Å². The highest BCUT2D eigenvalue weighted by Crippen LogP contribution is 2.30. The zero-order valence-corrected chi connectivity index (χ0v) is 28.8. The van der Waals surface area contributed by atoms with E-state index in [1.165, 1.54) is 5.01 Å². The van der Waals surface area contributed by atoms with Crippen molar-refractivity contribution in [1.82, 2.24) is 15.6 Å². The molecule has 12 atom stereocenters. The predicted octanol–water partition coefficient (Wildman–Crippen LogP) is -1.70. The minimum absolute atomic E-state index is 0.0203. The molecule has 1 saturated carbocycles. The van der Waals surface area contributed by atoms with Gasteiger partial charge < -0.3 is 61.5 Å². The highest BCUT2D eigenvalue weighted by atomic mass is 16.7. The first-order chi connectivity index (χ1) is 22.8. The molecule has 3 aliphatic rings. The third kappa shape index (κ3) is 12.3. The van der Waals surface area contributed by atoms with Crippen LogP contribution in [0.2, 0.25) is 0 Å². The van der Waals surface area contributed by atoms with Crippen molar-refractivity contribution in [2.24, 2.45) is 23.2 Å². The summed E-state index contributed by atoms with van der Waals surface area (Å²) in [6, 6.07) is -1.50. The fourth-order valence-electron chi connectivity index (χ4n) is 6.34. The first kappa shape index (κ1) is 40.9. The molecule has 1 aliphatic carbocycles. The van der Waals surface area contributed by atoms with Crippen LogP contribution in [0.5, 0.6) is 0 Å².